The van der Waals surface area contributed by atoms with Crippen LogP contribution in [0.5, 0.6) is 0 Å². The molecule has 0 rings (SSSR count). The zero-order valence-corrected chi connectivity index (χ0v) is 32.4. The van der Waals surface area contributed by atoms with Gasteiger partial charge < -0.3 is 15.5 Å². The third-order valence-corrected chi connectivity index (χ3v) is 8.53. The topological polar surface area (TPSA) is 69.6 Å². The van der Waals surface area contributed by atoms with Gasteiger partial charge in [0.2, 0.25) is 5.91 Å². The monoisotopic (exact) mass is 692 g/mol. The summed E-state index contributed by atoms with van der Waals surface area (Å²) in [5.74, 6) is -0.0953. The van der Waals surface area contributed by atoms with Crippen LogP contribution in [-0.2, 0) is 4.79 Å². The van der Waals surface area contributed by atoms with Crippen molar-refractivity contribution in [3.8, 4) is 0 Å². The van der Waals surface area contributed by atoms with Crippen molar-refractivity contribution in [2.75, 3.05) is 6.61 Å². The molecule has 0 fully saturated rings. The normalized spacial score (nSPS) is 14.1. The molecule has 0 saturated carbocycles. The molecule has 3 N–H and O–H groups in total. The average Bonchev–Trinajstić information content (AvgIpc) is 3.12. The minimum Gasteiger partial charge on any atom is -0.394 e. The molecule has 0 bridgehead atoms. The van der Waals surface area contributed by atoms with Crippen molar-refractivity contribution in [2.24, 2.45) is 0 Å². The molecule has 0 aromatic heterocycles. The Bertz CT molecular complexity index is 968. The van der Waals surface area contributed by atoms with Gasteiger partial charge in [-0.3, -0.25) is 4.79 Å². The summed E-state index contributed by atoms with van der Waals surface area (Å²) in [6.07, 6.45) is 60.7. The highest BCUT2D eigenvalue weighted by Crippen LogP contribution is 2.11. The average molecular weight is 692 g/mol. The molecule has 1 amide bonds. The minimum absolute atomic E-state index is 0.0953. The Balaban J connectivity index is 3.73. The van der Waals surface area contributed by atoms with E-state index in [1.54, 1.807) is 6.08 Å². The van der Waals surface area contributed by atoms with Crippen molar-refractivity contribution in [1.82, 2.24) is 5.32 Å². The van der Waals surface area contributed by atoms with E-state index >= 15 is 0 Å². The molecular weight excluding hydrogens is 615 g/mol. The summed E-state index contributed by atoms with van der Waals surface area (Å²) >= 11 is 0. The van der Waals surface area contributed by atoms with Crippen molar-refractivity contribution in [1.29, 1.82) is 0 Å². The number of amides is 1. The van der Waals surface area contributed by atoms with Crippen molar-refractivity contribution >= 4 is 5.91 Å². The number of hydrogen-bond donors (Lipinski definition) is 3. The van der Waals surface area contributed by atoms with E-state index in [1.807, 2.05) is 6.08 Å². The number of aliphatic hydroxyl groups is 2. The first-order valence-electron chi connectivity index (χ1n) is 20.5. The third-order valence-electron chi connectivity index (χ3n) is 8.53. The Labute approximate surface area is 309 Å². The fourth-order valence-electron chi connectivity index (χ4n) is 5.41. The van der Waals surface area contributed by atoms with Crippen LogP contribution in [0, 0.1) is 0 Å². The SMILES string of the molecule is CC/C=C\C/C=C\C/C=C\C/C=C\C/C=C\CCCCCCCCCC(=O)NC(CO)C(O)/C=C/CC/C=C/CC/C=C/CCCCCCC. The summed E-state index contributed by atoms with van der Waals surface area (Å²) in [6, 6.07) is -0.657. The maximum absolute atomic E-state index is 12.4. The van der Waals surface area contributed by atoms with Crippen LogP contribution in [0.2, 0.25) is 0 Å². The Morgan fingerprint density at radius 3 is 1.40 bits per heavy atom. The first-order chi connectivity index (χ1) is 24.7. The number of aliphatic hydroxyl groups excluding tert-OH is 2. The van der Waals surface area contributed by atoms with Gasteiger partial charge in [-0.15, -0.1) is 0 Å². The maximum atomic E-state index is 12.4. The highest BCUT2D eigenvalue weighted by molar-refractivity contribution is 5.76. The molecule has 0 radical (unpaired) electrons. The molecule has 0 spiro atoms. The largest absolute Gasteiger partial charge is 0.394 e. The second-order valence-corrected chi connectivity index (χ2v) is 13.3. The van der Waals surface area contributed by atoms with Crippen molar-refractivity contribution in [2.45, 2.75) is 180 Å². The number of carbonyl (C=O) groups excluding carboxylic acids is 1. The maximum Gasteiger partial charge on any atom is 0.220 e. The molecule has 4 nitrogen and oxygen atoms in total. The molecule has 284 valence electrons. The molecule has 0 aromatic carbocycles. The van der Waals surface area contributed by atoms with Gasteiger partial charge in [0.05, 0.1) is 18.8 Å². The lowest BCUT2D eigenvalue weighted by atomic mass is 10.1. The standard InChI is InChI=1S/C46H77NO3/c1-3-5-7-9-11-13-15-17-19-20-21-22-23-24-25-26-28-30-32-34-36-38-40-42-46(50)47-44(43-48)45(49)41-39-37-35-33-31-29-27-18-16-14-12-10-8-6-4-2/h5,7,11,13,16-19,21-22,24-25,31,33,39,41,44-45,48-49H,3-4,6,8-10,12,14-15,20,23,26-30,32,34-38,40,42-43H2,1-2H3,(H,47,50)/b7-5-,13-11-,18-16+,19-17-,22-21-,25-24-,33-31+,41-39+. The fourth-order valence-corrected chi connectivity index (χ4v) is 5.41. The fraction of sp³-hybridized carbons (Fsp3) is 0.630. The molecule has 0 saturated heterocycles. The lowest BCUT2D eigenvalue weighted by Gasteiger charge is -2.19. The zero-order valence-electron chi connectivity index (χ0n) is 32.4. The summed E-state index contributed by atoms with van der Waals surface area (Å²) in [4.78, 5) is 12.4. The smallest absolute Gasteiger partial charge is 0.220 e. The molecular formula is C46H77NO3. The number of hydrogen-bond acceptors (Lipinski definition) is 3. The van der Waals surface area contributed by atoms with Crippen molar-refractivity contribution in [3.63, 3.8) is 0 Å². The number of rotatable bonds is 35. The summed E-state index contributed by atoms with van der Waals surface area (Å²) < 4.78 is 0. The van der Waals surface area contributed by atoms with Crippen LogP contribution >= 0.6 is 0 Å². The van der Waals surface area contributed by atoms with E-state index in [0.29, 0.717) is 6.42 Å². The Morgan fingerprint density at radius 2 is 0.900 bits per heavy atom. The van der Waals surface area contributed by atoms with E-state index in [9.17, 15) is 15.0 Å². The Morgan fingerprint density at radius 1 is 0.500 bits per heavy atom. The van der Waals surface area contributed by atoms with E-state index < -0.39 is 12.1 Å². The molecule has 2 unspecified atom stereocenters. The third kappa shape index (κ3) is 36.6. The van der Waals surface area contributed by atoms with E-state index in [2.05, 4.69) is 104 Å². The van der Waals surface area contributed by atoms with Crippen LogP contribution in [0.25, 0.3) is 0 Å². The molecule has 0 aliphatic rings. The van der Waals surface area contributed by atoms with Gasteiger partial charge in [0.15, 0.2) is 0 Å². The molecule has 2 atom stereocenters. The molecule has 0 heterocycles. The van der Waals surface area contributed by atoms with E-state index in [0.717, 1.165) is 83.5 Å². The first-order valence-corrected chi connectivity index (χ1v) is 20.5. The van der Waals surface area contributed by atoms with Gasteiger partial charge in [-0.2, -0.15) is 0 Å². The first kappa shape index (κ1) is 47.3. The number of unbranched alkanes of at least 4 members (excludes halogenated alkanes) is 14. The van der Waals surface area contributed by atoms with Crippen molar-refractivity contribution in [3.05, 3.63) is 97.2 Å². The predicted octanol–water partition coefficient (Wildman–Crippen LogP) is 12.7. The number of nitrogens with one attached hydrogen (secondary N) is 1. The molecule has 4 heteroatoms. The predicted molar refractivity (Wildman–Crippen MR) is 220 cm³/mol. The van der Waals surface area contributed by atoms with Crippen LogP contribution < -0.4 is 5.32 Å². The second-order valence-electron chi connectivity index (χ2n) is 13.3. The quantitative estimate of drug-likeness (QED) is 0.0458. The van der Waals surface area contributed by atoms with Gasteiger partial charge in [0.1, 0.15) is 0 Å². The molecule has 0 aromatic rings. The van der Waals surface area contributed by atoms with E-state index in [-0.39, 0.29) is 12.5 Å². The summed E-state index contributed by atoms with van der Waals surface area (Å²) in [5.41, 5.74) is 0. The van der Waals surface area contributed by atoms with Gasteiger partial charge in [-0.1, -0.05) is 169 Å². The van der Waals surface area contributed by atoms with Crippen LogP contribution in [0.1, 0.15) is 168 Å². The molecule has 0 aliphatic heterocycles. The molecule has 0 aliphatic carbocycles. The van der Waals surface area contributed by atoms with Crippen LogP contribution in [0.15, 0.2) is 97.2 Å². The van der Waals surface area contributed by atoms with Gasteiger partial charge in [-0.25, -0.2) is 0 Å². The van der Waals surface area contributed by atoms with E-state index in [4.69, 9.17) is 0 Å². The highest BCUT2D eigenvalue weighted by Gasteiger charge is 2.17. The Kier molecular flexibility index (Phi) is 38.5. The van der Waals surface area contributed by atoms with Crippen LogP contribution in [0.4, 0.5) is 0 Å². The highest BCUT2D eigenvalue weighted by atomic mass is 16.3. The van der Waals surface area contributed by atoms with Crippen molar-refractivity contribution < 1.29 is 15.0 Å². The Hall–Kier alpha value is -2.69. The molecule has 50 heavy (non-hydrogen) atoms. The summed E-state index contributed by atoms with van der Waals surface area (Å²) in [5, 5.41) is 22.9. The minimum atomic E-state index is -0.880. The summed E-state index contributed by atoms with van der Waals surface area (Å²) in [6.45, 7) is 4.14. The lowest BCUT2D eigenvalue weighted by Crippen LogP contribution is -2.45. The van der Waals surface area contributed by atoms with Crippen LogP contribution in [0.3, 0.4) is 0 Å². The van der Waals surface area contributed by atoms with Crippen LogP contribution in [-0.4, -0.2) is 34.9 Å². The van der Waals surface area contributed by atoms with Gasteiger partial charge >= 0.3 is 0 Å². The van der Waals surface area contributed by atoms with Gasteiger partial charge in [0, 0.05) is 6.42 Å². The second kappa shape index (κ2) is 40.7. The zero-order chi connectivity index (χ0) is 36.4. The van der Waals surface area contributed by atoms with Gasteiger partial charge in [0.25, 0.3) is 0 Å². The lowest BCUT2D eigenvalue weighted by molar-refractivity contribution is -0.123. The number of allylic oxidation sites excluding steroid dienone is 15. The number of carbonyl (C=O) groups is 1. The van der Waals surface area contributed by atoms with E-state index in [1.165, 1.54) is 64.2 Å². The summed E-state index contributed by atoms with van der Waals surface area (Å²) in [7, 11) is 0. The van der Waals surface area contributed by atoms with Gasteiger partial charge in [-0.05, 0) is 89.9 Å².